The summed E-state index contributed by atoms with van der Waals surface area (Å²) >= 11 is 0. The Hall–Kier alpha value is -1.48. The third kappa shape index (κ3) is 2.76. The molecule has 86 valence electrons. The molecule has 0 amide bonds. The summed E-state index contributed by atoms with van der Waals surface area (Å²) in [6.45, 7) is 3.31. The normalized spacial score (nSPS) is 15.8. The molecular weight excluding hydrogens is 198 g/mol. The Morgan fingerprint density at radius 2 is 1.88 bits per heavy atom. The van der Waals surface area contributed by atoms with Gasteiger partial charge in [-0.3, -0.25) is 4.90 Å². The van der Waals surface area contributed by atoms with Crippen molar-refractivity contribution in [1.29, 1.82) is 0 Å². The molecule has 1 aromatic carbocycles. The second-order valence-electron chi connectivity index (χ2n) is 4.29. The molecule has 3 nitrogen and oxygen atoms in total. The predicted molar refractivity (Wildman–Crippen MR) is 69.2 cm³/mol. The van der Waals surface area contributed by atoms with Crippen molar-refractivity contribution in [3.05, 3.63) is 35.9 Å². The smallest absolute Gasteiger partial charge is 0.0348 e. The van der Waals surface area contributed by atoms with Gasteiger partial charge >= 0.3 is 0 Å². The molecule has 0 saturated heterocycles. The molecule has 0 fully saturated rings. The maximum Gasteiger partial charge on any atom is 0.0348 e. The molecule has 4 N–H and O–H groups in total. The molecule has 1 aromatic rings. The molecule has 1 aliphatic heterocycles. The lowest BCUT2D eigenvalue weighted by atomic mass is 10.1. The summed E-state index contributed by atoms with van der Waals surface area (Å²) in [7, 11) is 0. The minimum absolute atomic E-state index is 0.798. The third-order valence-corrected chi connectivity index (χ3v) is 2.98. The van der Waals surface area contributed by atoms with Crippen LogP contribution in [0.5, 0.6) is 0 Å². The van der Waals surface area contributed by atoms with Crippen LogP contribution in [0.4, 0.5) is 11.4 Å². The van der Waals surface area contributed by atoms with Crippen LogP contribution in [-0.4, -0.2) is 24.5 Å². The van der Waals surface area contributed by atoms with Crippen molar-refractivity contribution in [1.82, 2.24) is 4.90 Å². The number of rotatable bonds is 4. The van der Waals surface area contributed by atoms with E-state index < -0.39 is 0 Å². The maximum absolute atomic E-state index is 5.90. The van der Waals surface area contributed by atoms with Crippen LogP contribution in [-0.2, 0) is 6.42 Å². The van der Waals surface area contributed by atoms with Gasteiger partial charge in [0.15, 0.2) is 0 Å². The minimum atomic E-state index is 0.798. The highest BCUT2D eigenvalue weighted by molar-refractivity contribution is 5.55. The quantitative estimate of drug-likeness (QED) is 0.595. The van der Waals surface area contributed by atoms with Crippen molar-refractivity contribution >= 4 is 11.4 Å². The maximum atomic E-state index is 5.90. The van der Waals surface area contributed by atoms with Gasteiger partial charge in [-0.25, -0.2) is 0 Å². The largest absolute Gasteiger partial charge is 0.399 e. The first kappa shape index (κ1) is 11.0. The number of benzene rings is 1. The monoisotopic (exact) mass is 217 g/mol. The van der Waals surface area contributed by atoms with Crippen molar-refractivity contribution in [2.24, 2.45) is 0 Å². The lowest BCUT2D eigenvalue weighted by Gasteiger charge is -2.14. The zero-order chi connectivity index (χ0) is 11.4. The fraction of sp³-hybridized carbons (Fsp3) is 0.385. The second-order valence-corrected chi connectivity index (χ2v) is 4.29. The molecule has 3 heteroatoms. The summed E-state index contributed by atoms with van der Waals surface area (Å²) < 4.78 is 0. The van der Waals surface area contributed by atoms with Crippen LogP contribution in [0.3, 0.4) is 0 Å². The van der Waals surface area contributed by atoms with Gasteiger partial charge in [-0.1, -0.05) is 12.2 Å². The molecule has 0 aromatic heterocycles. The second kappa shape index (κ2) is 5.03. The van der Waals surface area contributed by atoms with Crippen molar-refractivity contribution in [3.8, 4) is 0 Å². The highest BCUT2D eigenvalue weighted by Crippen LogP contribution is 2.17. The van der Waals surface area contributed by atoms with Crippen molar-refractivity contribution in [2.75, 3.05) is 31.1 Å². The van der Waals surface area contributed by atoms with Crippen LogP contribution in [0, 0.1) is 0 Å². The molecule has 1 heterocycles. The number of hydrogen-bond acceptors (Lipinski definition) is 3. The van der Waals surface area contributed by atoms with E-state index in [0.29, 0.717) is 0 Å². The number of nitrogens with two attached hydrogens (primary N) is 2. The summed E-state index contributed by atoms with van der Waals surface area (Å²) in [6, 6.07) is 5.73. The minimum Gasteiger partial charge on any atom is -0.399 e. The van der Waals surface area contributed by atoms with E-state index in [1.54, 1.807) is 0 Å². The van der Waals surface area contributed by atoms with E-state index in [2.05, 4.69) is 17.1 Å². The van der Waals surface area contributed by atoms with Gasteiger partial charge in [0.05, 0.1) is 0 Å². The Bertz CT molecular complexity index is 377. The van der Waals surface area contributed by atoms with Crippen molar-refractivity contribution in [3.63, 3.8) is 0 Å². The summed E-state index contributed by atoms with van der Waals surface area (Å²) in [4.78, 5) is 2.42. The highest BCUT2D eigenvalue weighted by Gasteiger charge is 2.06. The molecule has 0 aliphatic carbocycles. The molecule has 0 unspecified atom stereocenters. The van der Waals surface area contributed by atoms with Gasteiger partial charge in [-0.05, 0) is 43.1 Å². The van der Waals surface area contributed by atoms with Crippen molar-refractivity contribution in [2.45, 2.75) is 12.8 Å². The van der Waals surface area contributed by atoms with Gasteiger partial charge in [-0.2, -0.15) is 0 Å². The summed E-state index contributed by atoms with van der Waals surface area (Å²) in [5, 5.41) is 0. The Morgan fingerprint density at radius 1 is 1.12 bits per heavy atom. The predicted octanol–water partition coefficient (Wildman–Crippen LogP) is 1.66. The molecule has 2 rings (SSSR count). The molecule has 0 saturated carbocycles. The summed E-state index contributed by atoms with van der Waals surface area (Å²) in [5.41, 5.74) is 14.5. The summed E-state index contributed by atoms with van der Waals surface area (Å²) in [6.07, 6.45) is 6.58. The molecule has 1 aliphatic rings. The number of anilines is 2. The molecule has 0 atom stereocenters. The Balaban J connectivity index is 1.82. The van der Waals surface area contributed by atoms with Gasteiger partial charge in [-0.15, -0.1) is 0 Å². The van der Waals surface area contributed by atoms with Crippen LogP contribution >= 0.6 is 0 Å². The lowest BCUT2D eigenvalue weighted by molar-refractivity contribution is 0.347. The highest BCUT2D eigenvalue weighted by atomic mass is 15.1. The van der Waals surface area contributed by atoms with Crippen LogP contribution < -0.4 is 11.5 Å². The molecule has 0 bridgehead atoms. The van der Waals surface area contributed by atoms with Crippen LogP contribution in [0.1, 0.15) is 12.0 Å². The fourth-order valence-corrected chi connectivity index (χ4v) is 2.04. The first-order chi connectivity index (χ1) is 7.75. The van der Waals surface area contributed by atoms with Gasteiger partial charge in [0.25, 0.3) is 0 Å². The topological polar surface area (TPSA) is 55.3 Å². The lowest BCUT2D eigenvalue weighted by Crippen LogP contribution is -2.21. The SMILES string of the molecule is Nc1ccc(N)c(CCCN2CC=CC2)c1. The first-order valence-corrected chi connectivity index (χ1v) is 5.77. The average Bonchev–Trinajstić information content (AvgIpc) is 2.76. The molecule has 0 radical (unpaired) electrons. The van der Waals surface area contributed by atoms with E-state index in [-0.39, 0.29) is 0 Å². The number of nitrogen functional groups attached to an aromatic ring is 2. The standard InChI is InChI=1S/C13H19N3/c14-12-5-6-13(15)11(10-12)4-3-9-16-7-1-2-8-16/h1-2,5-6,10H,3-4,7-9,14-15H2. The van der Waals surface area contributed by atoms with Gasteiger partial charge in [0.2, 0.25) is 0 Å². The Labute approximate surface area is 96.7 Å². The molecule has 16 heavy (non-hydrogen) atoms. The number of aryl methyl sites for hydroxylation is 1. The van der Waals surface area contributed by atoms with Crippen LogP contribution in [0.2, 0.25) is 0 Å². The van der Waals surface area contributed by atoms with Crippen molar-refractivity contribution < 1.29 is 0 Å². The first-order valence-electron chi connectivity index (χ1n) is 5.77. The molecule has 0 spiro atoms. The van der Waals surface area contributed by atoms with E-state index in [0.717, 1.165) is 43.9 Å². The van der Waals surface area contributed by atoms with E-state index in [1.165, 1.54) is 5.56 Å². The summed E-state index contributed by atoms with van der Waals surface area (Å²) in [5.74, 6) is 0. The van der Waals surface area contributed by atoms with E-state index in [9.17, 15) is 0 Å². The van der Waals surface area contributed by atoms with Gasteiger partial charge < -0.3 is 11.5 Å². The van der Waals surface area contributed by atoms with Gasteiger partial charge in [0, 0.05) is 24.5 Å². The van der Waals surface area contributed by atoms with Crippen LogP contribution in [0.15, 0.2) is 30.4 Å². The van der Waals surface area contributed by atoms with E-state index in [4.69, 9.17) is 11.5 Å². The number of nitrogens with zero attached hydrogens (tertiary/aromatic N) is 1. The Kier molecular flexibility index (Phi) is 3.47. The van der Waals surface area contributed by atoms with E-state index in [1.807, 2.05) is 18.2 Å². The Morgan fingerprint density at radius 3 is 2.62 bits per heavy atom. The van der Waals surface area contributed by atoms with Gasteiger partial charge in [0.1, 0.15) is 0 Å². The third-order valence-electron chi connectivity index (χ3n) is 2.98. The molecular formula is C13H19N3. The van der Waals surface area contributed by atoms with E-state index >= 15 is 0 Å². The van der Waals surface area contributed by atoms with Crippen LogP contribution in [0.25, 0.3) is 0 Å². The number of hydrogen-bond donors (Lipinski definition) is 2. The average molecular weight is 217 g/mol. The zero-order valence-electron chi connectivity index (χ0n) is 9.52. The zero-order valence-corrected chi connectivity index (χ0v) is 9.52. The fourth-order valence-electron chi connectivity index (χ4n) is 2.04.